The van der Waals surface area contributed by atoms with Crippen molar-refractivity contribution in [3.05, 3.63) is 36.0 Å². The van der Waals surface area contributed by atoms with Crippen LogP contribution < -0.4 is 27.4 Å². The number of aliphatic hydroxyl groups excluding tert-OH is 2. The van der Waals surface area contributed by atoms with E-state index in [1.807, 2.05) is 0 Å². The number of amides is 4. The first kappa shape index (κ1) is 29.2. The number of hydrogen-bond acceptors (Lipinski definition) is 8. The first-order chi connectivity index (χ1) is 17.4. The van der Waals surface area contributed by atoms with Gasteiger partial charge < -0.3 is 47.7 Å². The maximum atomic E-state index is 13.1. The molecule has 0 bridgehead atoms. The highest BCUT2D eigenvalue weighted by Gasteiger charge is 2.31. The number of para-hydroxylation sites is 1. The van der Waals surface area contributed by atoms with Crippen molar-refractivity contribution in [2.45, 2.75) is 56.5 Å². The molecule has 0 fully saturated rings. The second kappa shape index (κ2) is 13.3. The lowest BCUT2D eigenvalue weighted by Crippen LogP contribution is -2.59. The molecule has 1 heterocycles. The molecule has 2 aromatic rings. The van der Waals surface area contributed by atoms with Crippen LogP contribution in [0.5, 0.6) is 0 Å². The van der Waals surface area contributed by atoms with Gasteiger partial charge in [-0.15, -0.1) is 0 Å². The molecule has 11 N–H and O–H groups in total. The van der Waals surface area contributed by atoms with Crippen LogP contribution in [0, 0.1) is 0 Å². The maximum Gasteiger partial charge on any atom is 0.326 e. The molecule has 1 aromatic heterocycles. The second-order valence-corrected chi connectivity index (χ2v) is 8.54. The summed E-state index contributed by atoms with van der Waals surface area (Å²) in [5, 5.41) is 36.3. The summed E-state index contributed by atoms with van der Waals surface area (Å²) < 4.78 is 0. The minimum Gasteiger partial charge on any atom is -0.480 e. The molecule has 0 saturated heterocycles. The molecular formula is C23H32N6O8. The molecule has 0 aliphatic carbocycles. The summed E-state index contributed by atoms with van der Waals surface area (Å²) in [6.45, 7) is 0.429. The van der Waals surface area contributed by atoms with Crippen molar-refractivity contribution in [1.82, 2.24) is 20.9 Å². The topological polar surface area (TPSA) is 250 Å². The predicted molar refractivity (Wildman–Crippen MR) is 131 cm³/mol. The number of nitrogens with two attached hydrogens (primary N) is 2. The fourth-order valence-electron chi connectivity index (χ4n) is 3.50. The summed E-state index contributed by atoms with van der Waals surface area (Å²) in [5.74, 6) is -4.88. The molecule has 5 atom stereocenters. The largest absolute Gasteiger partial charge is 0.480 e. The minimum atomic E-state index is -1.51. The van der Waals surface area contributed by atoms with E-state index in [1.54, 1.807) is 30.5 Å². The summed E-state index contributed by atoms with van der Waals surface area (Å²) in [5.41, 5.74) is 12.0. The molecule has 37 heavy (non-hydrogen) atoms. The van der Waals surface area contributed by atoms with Gasteiger partial charge in [-0.1, -0.05) is 18.2 Å². The lowest BCUT2D eigenvalue weighted by Gasteiger charge is -2.24. The van der Waals surface area contributed by atoms with Gasteiger partial charge in [-0.3, -0.25) is 19.2 Å². The van der Waals surface area contributed by atoms with Gasteiger partial charge in [0.05, 0.1) is 12.7 Å². The molecule has 1 aromatic carbocycles. The fourth-order valence-corrected chi connectivity index (χ4v) is 3.50. The van der Waals surface area contributed by atoms with Crippen molar-refractivity contribution in [3.63, 3.8) is 0 Å². The Balaban J connectivity index is 2.27. The summed E-state index contributed by atoms with van der Waals surface area (Å²) in [6, 6.07) is 1.50. The number of aromatic nitrogens is 1. The van der Waals surface area contributed by atoms with Crippen LogP contribution in [0.4, 0.5) is 0 Å². The first-order valence-corrected chi connectivity index (χ1v) is 11.5. The molecule has 0 radical (unpaired) electrons. The van der Waals surface area contributed by atoms with Crippen LogP contribution in [0.1, 0.15) is 25.3 Å². The summed E-state index contributed by atoms with van der Waals surface area (Å²) in [6.07, 6.45) is -0.235. The average molecular weight is 521 g/mol. The van der Waals surface area contributed by atoms with E-state index in [-0.39, 0.29) is 19.3 Å². The van der Waals surface area contributed by atoms with Gasteiger partial charge in [0.2, 0.25) is 23.6 Å². The van der Waals surface area contributed by atoms with Crippen LogP contribution in [-0.4, -0.2) is 86.8 Å². The average Bonchev–Trinajstić information content (AvgIpc) is 3.26. The number of benzene rings is 1. The van der Waals surface area contributed by atoms with Crippen molar-refractivity contribution in [2.75, 3.05) is 6.61 Å². The monoisotopic (exact) mass is 520 g/mol. The molecule has 14 heteroatoms. The molecule has 202 valence electrons. The van der Waals surface area contributed by atoms with Crippen molar-refractivity contribution in [3.8, 4) is 0 Å². The molecule has 0 spiro atoms. The van der Waals surface area contributed by atoms with Gasteiger partial charge in [-0.25, -0.2) is 4.79 Å². The molecule has 0 aliphatic rings. The Labute approximate surface area is 211 Å². The Morgan fingerprint density at radius 2 is 1.57 bits per heavy atom. The molecule has 0 aliphatic heterocycles. The van der Waals surface area contributed by atoms with Crippen molar-refractivity contribution < 1.29 is 39.3 Å². The van der Waals surface area contributed by atoms with E-state index in [1.165, 1.54) is 6.92 Å². The highest BCUT2D eigenvalue weighted by Crippen LogP contribution is 2.19. The summed E-state index contributed by atoms with van der Waals surface area (Å²) in [4.78, 5) is 63.9. The van der Waals surface area contributed by atoms with Gasteiger partial charge >= 0.3 is 5.97 Å². The van der Waals surface area contributed by atoms with Gasteiger partial charge in [0, 0.05) is 29.9 Å². The molecule has 5 unspecified atom stereocenters. The zero-order valence-corrected chi connectivity index (χ0v) is 20.1. The molecule has 4 amide bonds. The van der Waals surface area contributed by atoms with Gasteiger partial charge in [0.25, 0.3) is 0 Å². The third-order valence-electron chi connectivity index (χ3n) is 5.66. The van der Waals surface area contributed by atoms with Gasteiger partial charge in [-0.2, -0.15) is 0 Å². The van der Waals surface area contributed by atoms with Crippen molar-refractivity contribution >= 4 is 40.5 Å². The maximum absolute atomic E-state index is 13.1. The number of carboxylic acids is 1. The summed E-state index contributed by atoms with van der Waals surface area (Å²) in [7, 11) is 0. The standard InChI is InChI=1S/C23H32N6O8/c1-11(31)19(25)22(35)29-17(10-30)21(34)28-16(8-12-9-26-14-5-3-2-4-13(12)14)20(33)27-15(23(36)37)6-7-18(24)32/h2-5,9,11,15-17,19,26,30-31H,6-8,10,25H2,1H3,(H2,24,32)(H,27,33)(H,28,34)(H,29,35)(H,36,37). The summed E-state index contributed by atoms with van der Waals surface area (Å²) >= 11 is 0. The Hall–Kier alpha value is -4.01. The van der Waals surface area contributed by atoms with E-state index in [2.05, 4.69) is 20.9 Å². The van der Waals surface area contributed by atoms with Crippen LogP contribution in [0.25, 0.3) is 10.9 Å². The zero-order valence-electron chi connectivity index (χ0n) is 20.1. The molecule has 0 saturated carbocycles. The van der Waals surface area contributed by atoms with E-state index in [4.69, 9.17) is 11.5 Å². The van der Waals surface area contributed by atoms with Crippen LogP contribution in [0.15, 0.2) is 30.5 Å². The highest BCUT2D eigenvalue weighted by molar-refractivity contribution is 5.95. The Kier molecular flexibility index (Phi) is 10.5. The number of nitrogens with one attached hydrogen (secondary N) is 4. The van der Waals surface area contributed by atoms with Crippen LogP contribution in [0.2, 0.25) is 0 Å². The number of aliphatic hydroxyl groups is 2. The van der Waals surface area contributed by atoms with Crippen LogP contribution in [-0.2, 0) is 30.4 Å². The van der Waals surface area contributed by atoms with Crippen LogP contribution >= 0.6 is 0 Å². The molecular weight excluding hydrogens is 488 g/mol. The Morgan fingerprint density at radius 1 is 0.973 bits per heavy atom. The number of primary amides is 1. The number of H-pyrrole nitrogens is 1. The number of fused-ring (bicyclic) bond motifs is 1. The zero-order chi connectivity index (χ0) is 27.7. The number of hydrogen-bond donors (Lipinski definition) is 9. The number of carbonyl (C=O) groups is 5. The van der Waals surface area contributed by atoms with Gasteiger partial charge in [0.1, 0.15) is 24.2 Å². The van der Waals surface area contributed by atoms with E-state index in [0.717, 1.165) is 10.9 Å². The lowest BCUT2D eigenvalue weighted by atomic mass is 10.0. The molecule has 2 rings (SSSR count). The first-order valence-electron chi connectivity index (χ1n) is 11.5. The van der Waals surface area contributed by atoms with E-state index in [9.17, 15) is 39.3 Å². The second-order valence-electron chi connectivity index (χ2n) is 8.54. The third kappa shape index (κ3) is 8.27. The number of carbonyl (C=O) groups excluding carboxylic acids is 4. The predicted octanol–water partition coefficient (Wildman–Crippen LogP) is -2.78. The number of carboxylic acid groups (broad SMARTS) is 1. The number of aliphatic carboxylic acids is 1. The molecule has 14 nitrogen and oxygen atoms in total. The van der Waals surface area contributed by atoms with Crippen molar-refractivity contribution in [1.29, 1.82) is 0 Å². The van der Waals surface area contributed by atoms with E-state index >= 15 is 0 Å². The van der Waals surface area contributed by atoms with Crippen LogP contribution in [0.3, 0.4) is 0 Å². The minimum absolute atomic E-state index is 0.0803. The fraction of sp³-hybridized carbons (Fsp3) is 0.435. The Bertz CT molecular complexity index is 1130. The van der Waals surface area contributed by atoms with Gasteiger partial charge in [-0.05, 0) is 25.0 Å². The Morgan fingerprint density at radius 3 is 2.16 bits per heavy atom. The normalized spacial score (nSPS) is 15.1. The number of rotatable bonds is 14. The number of aromatic amines is 1. The third-order valence-corrected chi connectivity index (χ3v) is 5.66. The van der Waals surface area contributed by atoms with E-state index < -0.39 is 66.5 Å². The van der Waals surface area contributed by atoms with E-state index in [0.29, 0.717) is 5.56 Å². The smallest absolute Gasteiger partial charge is 0.326 e. The SMILES string of the molecule is CC(O)C(N)C(=O)NC(CO)C(=O)NC(Cc1c[nH]c2ccccc12)C(=O)NC(CCC(N)=O)C(=O)O. The van der Waals surface area contributed by atoms with Gasteiger partial charge in [0.15, 0.2) is 0 Å². The highest BCUT2D eigenvalue weighted by atomic mass is 16.4. The van der Waals surface area contributed by atoms with Crippen molar-refractivity contribution in [2.24, 2.45) is 11.5 Å². The quantitative estimate of drug-likeness (QED) is 0.125. The lowest BCUT2D eigenvalue weighted by molar-refractivity contribution is -0.142.